The van der Waals surface area contributed by atoms with Gasteiger partial charge in [0.05, 0.1) is 6.54 Å². The lowest BCUT2D eigenvalue weighted by Gasteiger charge is -2.34. The van der Waals surface area contributed by atoms with Gasteiger partial charge in [-0.2, -0.15) is 4.98 Å². The second kappa shape index (κ2) is 5.60. The number of anilines is 1. The van der Waals surface area contributed by atoms with Crippen LogP contribution in [0.2, 0.25) is 0 Å². The summed E-state index contributed by atoms with van der Waals surface area (Å²) in [7, 11) is 2.15. The first-order valence-corrected chi connectivity index (χ1v) is 6.83. The fourth-order valence-electron chi connectivity index (χ4n) is 2.36. The van der Waals surface area contributed by atoms with Gasteiger partial charge in [-0.15, -0.1) is 0 Å². The van der Waals surface area contributed by atoms with Crippen LogP contribution < -0.4 is 10.6 Å². The molecule has 2 heterocycles. The Morgan fingerprint density at radius 1 is 1.25 bits per heavy atom. The molecule has 0 aliphatic carbocycles. The highest BCUT2D eigenvalue weighted by molar-refractivity contribution is 5.63. The highest BCUT2D eigenvalue weighted by Crippen LogP contribution is 2.23. The molecule has 1 aromatic carbocycles. The molecule has 1 saturated heterocycles. The summed E-state index contributed by atoms with van der Waals surface area (Å²) in [6.45, 7) is 4.53. The van der Waals surface area contributed by atoms with E-state index in [9.17, 15) is 0 Å². The molecule has 0 atom stereocenters. The van der Waals surface area contributed by atoms with E-state index < -0.39 is 0 Å². The van der Waals surface area contributed by atoms with Crippen LogP contribution in [0.4, 0.5) is 5.69 Å². The topological polar surface area (TPSA) is 71.4 Å². The predicted molar refractivity (Wildman–Crippen MR) is 77.3 cm³/mol. The maximum Gasteiger partial charge on any atom is 0.240 e. The van der Waals surface area contributed by atoms with Crippen LogP contribution in [0.1, 0.15) is 5.89 Å². The summed E-state index contributed by atoms with van der Waals surface area (Å²) in [5.41, 5.74) is 7.66. The zero-order chi connectivity index (χ0) is 13.9. The lowest BCUT2D eigenvalue weighted by molar-refractivity contribution is 0.313. The van der Waals surface area contributed by atoms with Crippen molar-refractivity contribution >= 4 is 5.69 Å². The summed E-state index contributed by atoms with van der Waals surface area (Å²) in [6.07, 6.45) is 0. The molecule has 3 rings (SSSR count). The van der Waals surface area contributed by atoms with E-state index in [-0.39, 0.29) is 6.54 Å². The van der Waals surface area contributed by atoms with Gasteiger partial charge in [0.2, 0.25) is 11.7 Å². The van der Waals surface area contributed by atoms with E-state index in [0.717, 1.165) is 31.7 Å². The summed E-state index contributed by atoms with van der Waals surface area (Å²) >= 11 is 0. The molecule has 1 aliphatic rings. The van der Waals surface area contributed by atoms with Crippen molar-refractivity contribution in [2.75, 3.05) is 38.1 Å². The van der Waals surface area contributed by atoms with E-state index in [2.05, 4.69) is 39.1 Å². The number of hydrogen-bond acceptors (Lipinski definition) is 6. The fourth-order valence-corrected chi connectivity index (χ4v) is 2.36. The van der Waals surface area contributed by atoms with Gasteiger partial charge in [-0.1, -0.05) is 17.3 Å². The molecule has 0 radical (unpaired) electrons. The van der Waals surface area contributed by atoms with Crippen LogP contribution in [-0.4, -0.2) is 48.3 Å². The van der Waals surface area contributed by atoms with Crippen LogP contribution >= 0.6 is 0 Å². The van der Waals surface area contributed by atoms with Gasteiger partial charge in [-0.3, -0.25) is 0 Å². The Morgan fingerprint density at radius 3 is 2.75 bits per heavy atom. The van der Waals surface area contributed by atoms with E-state index in [1.54, 1.807) is 0 Å². The van der Waals surface area contributed by atoms with Crippen molar-refractivity contribution in [3.05, 3.63) is 30.2 Å². The van der Waals surface area contributed by atoms with Gasteiger partial charge >= 0.3 is 0 Å². The number of rotatable bonds is 3. The maximum absolute atomic E-state index is 5.49. The molecule has 6 heteroatoms. The molecular weight excluding hydrogens is 254 g/mol. The number of nitrogens with two attached hydrogens (primary N) is 1. The first-order valence-electron chi connectivity index (χ1n) is 6.83. The van der Waals surface area contributed by atoms with Crippen LogP contribution in [0.15, 0.2) is 28.8 Å². The number of aromatic nitrogens is 2. The molecule has 0 amide bonds. The Bertz CT molecular complexity index is 574. The molecule has 2 N–H and O–H groups in total. The third-order valence-corrected chi connectivity index (χ3v) is 3.62. The molecule has 0 saturated carbocycles. The molecule has 0 bridgehead atoms. The minimum absolute atomic E-state index is 0.269. The molecule has 2 aromatic rings. The van der Waals surface area contributed by atoms with Crippen molar-refractivity contribution in [3.8, 4) is 11.4 Å². The van der Waals surface area contributed by atoms with Crippen molar-refractivity contribution in [2.24, 2.45) is 5.73 Å². The molecule has 1 aliphatic heterocycles. The predicted octanol–water partition coefficient (Wildman–Crippen LogP) is 0.947. The van der Waals surface area contributed by atoms with Gasteiger partial charge in [0, 0.05) is 37.4 Å². The zero-order valence-electron chi connectivity index (χ0n) is 11.6. The van der Waals surface area contributed by atoms with Gasteiger partial charge < -0.3 is 20.1 Å². The summed E-state index contributed by atoms with van der Waals surface area (Å²) in [5, 5.41) is 3.96. The third kappa shape index (κ3) is 2.66. The highest BCUT2D eigenvalue weighted by Gasteiger charge is 2.15. The first kappa shape index (κ1) is 13.1. The number of nitrogens with zero attached hydrogens (tertiary/aromatic N) is 4. The molecule has 0 unspecified atom stereocenters. The Kier molecular flexibility index (Phi) is 3.66. The molecule has 20 heavy (non-hydrogen) atoms. The maximum atomic E-state index is 5.49. The summed E-state index contributed by atoms with van der Waals surface area (Å²) in [5.74, 6) is 1.06. The van der Waals surface area contributed by atoms with Crippen LogP contribution in [0.3, 0.4) is 0 Å². The molecule has 1 fully saturated rings. The number of benzene rings is 1. The lowest BCUT2D eigenvalue weighted by Crippen LogP contribution is -2.44. The van der Waals surface area contributed by atoms with Crippen LogP contribution in [0.5, 0.6) is 0 Å². The average Bonchev–Trinajstić information content (AvgIpc) is 2.97. The number of likely N-dealkylation sites (N-methyl/N-ethyl adjacent to an activating group) is 1. The van der Waals surface area contributed by atoms with Gasteiger partial charge in [0.25, 0.3) is 0 Å². The second-order valence-corrected chi connectivity index (χ2v) is 5.06. The van der Waals surface area contributed by atoms with Crippen LogP contribution in [0.25, 0.3) is 11.4 Å². The fraction of sp³-hybridized carbons (Fsp3) is 0.429. The third-order valence-electron chi connectivity index (χ3n) is 3.62. The standard InChI is InChI=1S/C14H19N5O/c1-18-5-7-19(8-6-18)12-4-2-3-11(9-12)14-16-13(10-15)20-17-14/h2-4,9H,5-8,10,15H2,1H3. The largest absolute Gasteiger partial charge is 0.369 e. The minimum Gasteiger partial charge on any atom is -0.369 e. The average molecular weight is 273 g/mol. The quantitative estimate of drug-likeness (QED) is 0.897. The molecule has 106 valence electrons. The van der Waals surface area contributed by atoms with E-state index in [4.69, 9.17) is 10.3 Å². The second-order valence-electron chi connectivity index (χ2n) is 5.06. The number of hydrogen-bond donors (Lipinski definition) is 1. The summed E-state index contributed by atoms with van der Waals surface area (Å²) < 4.78 is 5.06. The Morgan fingerprint density at radius 2 is 2.05 bits per heavy atom. The van der Waals surface area contributed by atoms with Crippen LogP contribution in [0, 0.1) is 0 Å². The van der Waals surface area contributed by atoms with Gasteiger partial charge in [-0.05, 0) is 19.2 Å². The van der Waals surface area contributed by atoms with Gasteiger partial charge in [0.1, 0.15) is 0 Å². The van der Waals surface area contributed by atoms with Crippen molar-refractivity contribution in [2.45, 2.75) is 6.54 Å². The smallest absolute Gasteiger partial charge is 0.240 e. The van der Waals surface area contributed by atoms with E-state index in [1.807, 2.05) is 12.1 Å². The first-order chi connectivity index (χ1) is 9.76. The lowest BCUT2D eigenvalue weighted by atomic mass is 10.1. The summed E-state index contributed by atoms with van der Waals surface area (Å²) in [6, 6.07) is 8.25. The summed E-state index contributed by atoms with van der Waals surface area (Å²) in [4.78, 5) is 8.99. The highest BCUT2D eigenvalue weighted by atomic mass is 16.5. The van der Waals surface area contributed by atoms with E-state index in [1.165, 1.54) is 5.69 Å². The normalized spacial score (nSPS) is 16.6. The van der Waals surface area contributed by atoms with Gasteiger partial charge in [-0.25, -0.2) is 0 Å². The SMILES string of the molecule is CN1CCN(c2cccc(-c3noc(CN)n3)c2)CC1. The van der Waals surface area contributed by atoms with Crippen molar-refractivity contribution < 1.29 is 4.52 Å². The Labute approximate surface area is 118 Å². The Hall–Kier alpha value is -1.92. The molecule has 0 spiro atoms. The minimum atomic E-state index is 0.269. The van der Waals surface area contributed by atoms with E-state index >= 15 is 0 Å². The van der Waals surface area contributed by atoms with Crippen molar-refractivity contribution in [1.82, 2.24) is 15.0 Å². The monoisotopic (exact) mass is 273 g/mol. The van der Waals surface area contributed by atoms with Gasteiger partial charge in [0.15, 0.2) is 0 Å². The Balaban J connectivity index is 1.82. The number of piperazine rings is 1. The molecule has 1 aromatic heterocycles. The van der Waals surface area contributed by atoms with Crippen LogP contribution in [-0.2, 0) is 6.54 Å². The van der Waals surface area contributed by atoms with Crippen molar-refractivity contribution in [1.29, 1.82) is 0 Å². The van der Waals surface area contributed by atoms with E-state index in [0.29, 0.717) is 11.7 Å². The molecular formula is C14H19N5O. The zero-order valence-corrected chi connectivity index (χ0v) is 11.6. The van der Waals surface area contributed by atoms with Crippen molar-refractivity contribution in [3.63, 3.8) is 0 Å². The molecule has 6 nitrogen and oxygen atoms in total.